The number of ether oxygens (including phenoxy) is 3. The smallest absolute Gasteiger partial charge is 0.111 e. The lowest BCUT2D eigenvalue weighted by atomic mass is 9.78. The molecule has 15 heavy (non-hydrogen) atoms. The molecule has 1 rings (SSSR count). The highest BCUT2D eigenvalue weighted by molar-refractivity contribution is 6.12. The van der Waals surface area contributed by atoms with Crippen LogP contribution in [0.25, 0.3) is 0 Å². The minimum atomic E-state index is -0.454. The quantitative estimate of drug-likeness (QED) is 0.636. The first-order valence-electron chi connectivity index (χ1n) is 5.69. The van der Waals surface area contributed by atoms with E-state index in [-0.39, 0.29) is 18.0 Å². The molecule has 0 radical (unpaired) electrons. The molecule has 88 valence electrons. The second-order valence-electron chi connectivity index (χ2n) is 3.92. The van der Waals surface area contributed by atoms with Crippen LogP contribution in [0, 0.1) is 0 Å². The second-order valence-corrected chi connectivity index (χ2v) is 3.92. The Morgan fingerprint density at radius 3 is 2.73 bits per heavy atom. The van der Waals surface area contributed by atoms with Gasteiger partial charge in [0, 0.05) is 19.8 Å². The first kappa shape index (κ1) is 13.0. The average Bonchev–Trinajstić information content (AvgIpc) is 2.24. The summed E-state index contributed by atoms with van der Waals surface area (Å²) in [6, 6.07) is 0. The van der Waals surface area contributed by atoms with Gasteiger partial charge in [-0.25, -0.2) is 0 Å². The predicted molar refractivity (Wildman–Crippen MR) is 59.9 cm³/mol. The zero-order valence-electron chi connectivity index (χ0n) is 9.81. The fourth-order valence-electron chi connectivity index (χ4n) is 1.79. The van der Waals surface area contributed by atoms with Crippen LogP contribution in [0.15, 0.2) is 0 Å². The summed E-state index contributed by atoms with van der Waals surface area (Å²) in [5.41, 5.74) is 0. The maximum atomic E-state index is 9.98. The summed E-state index contributed by atoms with van der Waals surface area (Å²) >= 11 is 0. The number of rotatable bonds is 5. The van der Waals surface area contributed by atoms with Gasteiger partial charge < -0.3 is 19.3 Å². The van der Waals surface area contributed by atoms with Crippen LogP contribution >= 0.6 is 0 Å². The van der Waals surface area contributed by atoms with E-state index in [1.165, 1.54) is 0 Å². The molecule has 0 amide bonds. The van der Waals surface area contributed by atoms with E-state index in [9.17, 15) is 5.11 Å². The Balaban J connectivity index is 2.51. The van der Waals surface area contributed by atoms with Gasteiger partial charge in [-0.15, -0.1) is 0 Å². The van der Waals surface area contributed by atoms with Crippen molar-refractivity contribution in [2.45, 2.75) is 38.0 Å². The van der Waals surface area contributed by atoms with Gasteiger partial charge >= 0.3 is 0 Å². The van der Waals surface area contributed by atoms with Crippen LogP contribution in [0.1, 0.15) is 13.8 Å². The third-order valence-electron chi connectivity index (χ3n) is 2.70. The summed E-state index contributed by atoms with van der Waals surface area (Å²) in [5.74, 6) is 0.124. The molecule has 0 spiro atoms. The molecule has 1 fully saturated rings. The van der Waals surface area contributed by atoms with Gasteiger partial charge in [0.25, 0.3) is 0 Å². The minimum Gasteiger partial charge on any atom is -0.391 e. The van der Waals surface area contributed by atoms with Crippen LogP contribution in [-0.2, 0) is 14.2 Å². The largest absolute Gasteiger partial charge is 0.391 e. The van der Waals surface area contributed by atoms with Crippen molar-refractivity contribution in [3.05, 3.63) is 0 Å². The van der Waals surface area contributed by atoms with Crippen molar-refractivity contribution in [1.29, 1.82) is 0 Å². The summed E-state index contributed by atoms with van der Waals surface area (Å²) in [7, 11) is 1.97. The Bertz CT molecular complexity index is 177. The number of hydrogen-bond donors (Lipinski definition) is 1. The Morgan fingerprint density at radius 2 is 2.13 bits per heavy atom. The highest BCUT2D eigenvalue weighted by atomic mass is 16.6. The van der Waals surface area contributed by atoms with Gasteiger partial charge in [-0.2, -0.15) is 0 Å². The lowest BCUT2D eigenvalue weighted by Gasteiger charge is -2.38. The summed E-state index contributed by atoms with van der Waals surface area (Å²) in [5, 5.41) is 9.98. The molecule has 0 aromatic carbocycles. The van der Waals surface area contributed by atoms with Crippen LogP contribution in [0.5, 0.6) is 0 Å². The lowest BCUT2D eigenvalue weighted by molar-refractivity contribution is -0.173. The fraction of sp³-hybridized carbons (Fsp3) is 1.00. The molecule has 1 heterocycles. The molecule has 4 nitrogen and oxygen atoms in total. The molecule has 0 aromatic rings. The molecule has 1 aliphatic heterocycles. The first-order valence-corrected chi connectivity index (χ1v) is 5.69. The topological polar surface area (TPSA) is 47.9 Å². The molecule has 0 aromatic heterocycles. The number of aliphatic hydroxyl groups excluding tert-OH is 1. The highest BCUT2D eigenvalue weighted by Crippen LogP contribution is 2.24. The molecular formula is C10H21BO4. The highest BCUT2D eigenvalue weighted by Gasteiger charge is 2.37. The first-order chi connectivity index (χ1) is 7.20. The maximum absolute atomic E-state index is 9.98. The van der Waals surface area contributed by atoms with Crippen molar-refractivity contribution in [3.63, 3.8) is 0 Å². The summed E-state index contributed by atoms with van der Waals surface area (Å²) in [4.78, 5) is 0. The van der Waals surface area contributed by atoms with Gasteiger partial charge in [-0.1, -0.05) is 0 Å². The van der Waals surface area contributed by atoms with Crippen molar-refractivity contribution in [1.82, 2.24) is 0 Å². The van der Waals surface area contributed by atoms with E-state index < -0.39 is 6.10 Å². The Labute approximate surface area is 92.3 Å². The van der Waals surface area contributed by atoms with E-state index in [2.05, 4.69) is 0 Å². The molecule has 1 aliphatic rings. The zero-order chi connectivity index (χ0) is 11.3. The molecule has 5 heteroatoms. The van der Waals surface area contributed by atoms with Crippen molar-refractivity contribution < 1.29 is 19.3 Å². The van der Waals surface area contributed by atoms with Crippen molar-refractivity contribution in [2.75, 3.05) is 26.4 Å². The van der Waals surface area contributed by atoms with E-state index in [4.69, 9.17) is 14.2 Å². The van der Waals surface area contributed by atoms with Crippen LogP contribution in [0.2, 0.25) is 5.82 Å². The van der Waals surface area contributed by atoms with Crippen LogP contribution in [0.3, 0.4) is 0 Å². The third-order valence-corrected chi connectivity index (χ3v) is 2.70. The molecule has 4 atom stereocenters. The SMILES string of the molecule is B[C@@H]1CO[C@H](COCC)[C@@H](OCC)[C@H]1O. The maximum Gasteiger partial charge on any atom is 0.111 e. The third kappa shape index (κ3) is 3.45. The second kappa shape index (κ2) is 6.48. The summed E-state index contributed by atoms with van der Waals surface area (Å²) < 4.78 is 16.5. The lowest BCUT2D eigenvalue weighted by Crippen LogP contribution is -2.51. The summed E-state index contributed by atoms with van der Waals surface area (Å²) in [6.45, 7) is 6.17. The van der Waals surface area contributed by atoms with Crippen LogP contribution in [-0.4, -0.2) is 57.7 Å². The van der Waals surface area contributed by atoms with Crippen LogP contribution < -0.4 is 0 Å². The van der Waals surface area contributed by atoms with Gasteiger partial charge in [0.15, 0.2) is 0 Å². The molecular weight excluding hydrogens is 195 g/mol. The van der Waals surface area contributed by atoms with E-state index in [0.29, 0.717) is 26.4 Å². The normalized spacial score (nSPS) is 36.7. The summed E-state index contributed by atoms with van der Waals surface area (Å²) in [6.07, 6.45) is -0.856. The van der Waals surface area contributed by atoms with E-state index in [1.807, 2.05) is 21.7 Å². The van der Waals surface area contributed by atoms with E-state index >= 15 is 0 Å². The van der Waals surface area contributed by atoms with E-state index in [1.54, 1.807) is 0 Å². The molecule has 1 N–H and O–H groups in total. The number of hydrogen-bond acceptors (Lipinski definition) is 4. The van der Waals surface area contributed by atoms with Gasteiger partial charge in [-0.3, -0.25) is 0 Å². The monoisotopic (exact) mass is 216 g/mol. The minimum absolute atomic E-state index is 0.124. The predicted octanol–water partition coefficient (Wildman–Crippen LogP) is -0.391. The molecule has 0 unspecified atom stereocenters. The standard InChI is InChI=1S/C10H21BO4/c1-3-13-6-8-10(14-4-2)9(12)7(11)5-15-8/h7-10,12H,3-6,11H2,1-2H3/t7-,8-,9+,10-/m1/s1. The van der Waals surface area contributed by atoms with Gasteiger partial charge in [0.05, 0.1) is 12.7 Å². The Morgan fingerprint density at radius 1 is 1.40 bits per heavy atom. The molecule has 1 saturated heterocycles. The number of aliphatic hydroxyl groups is 1. The Hall–Kier alpha value is -0.0951. The van der Waals surface area contributed by atoms with Gasteiger partial charge in [0.2, 0.25) is 0 Å². The Kier molecular flexibility index (Phi) is 5.60. The van der Waals surface area contributed by atoms with Crippen molar-refractivity contribution >= 4 is 7.85 Å². The molecule has 0 bridgehead atoms. The van der Waals surface area contributed by atoms with Gasteiger partial charge in [-0.05, 0) is 19.7 Å². The van der Waals surface area contributed by atoms with Gasteiger partial charge in [0.1, 0.15) is 20.1 Å². The van der Waals surface area contributed by atoms with E-state index in [0.717, 1.165) is 0 Å². The van der Waals surface area contributed by atoms with Crippen molar-refractivity contribution in [3.8, 4) is 0 Å². The van der Waals surface area contributed by atoms with Crippen LogP contribution in [0.4, 0.5) is 0 Å². The molecule has 0 aliphatic carbocycles. The van der Waals surface area contributed by atoms with Crippen molar-refractivity contribution in [2.24, 2.45) is 0 Å². The molecule has 0 saturated carbocycles. The zero-order valence-corrected chi connectivity index (χ0v) is 9.81. The average molecular weight is 216 g/mol. The fourth-order valence-corrected chi connectivity index (χ4v) is 1.79.